The van der Waals surface area contributed by atoms with Crippen molar-refractivity contribution in [3.63, 3.8) is 0 Å². The molecule has 3 rings (SSSR count). The van der Waals surface area contributed by atoms with E-state index in [0.29, 0.717) is 24.5 Å². The molecule has 0 aromatic heterocycles. The fourth-order valence-electron chi connectivity index (χ4n) is 3.11. The second kappa shape index (κ2) is 9.07. The fraction of sp³-hybridized carbons (Fsp3) is 0.227. The second-order valence-electron chi connectivity index (χ2n) is 6.43. The minimum Gasteiger partial charge on any atom is -0.483 e. The third-order valence-corrected chi connectivity index (χ3v) is 6.62. The molecule has 0 unspecified atom stereocenters. The number of hydrogen-bond acceptors (Lipinski definition) is 4. The zero-order chi connectivity index (χ0) is 20.9. The van der Waals surface area contributed by atoms with Crippen LogP contribution < -0.4 is 10.1 Å². The highest BCUT2D eigenvalue weighted by Gasteiger charge is 2.21. The summed E-state index contributed by atoms with van der Waals surface area (Å²) >= 11 is 0. The topological polar surface area (TPSA) is 75.7 Å². The number of hydrogen-bond donors (Lipinski definition) is 1. The van der Waals surface area contributed by atoms with Crippen molar-refractivity contribution in [2.45, 2.75) is 18.7 Å². The van der Waals surface area contributed by atoms with Gasteiger partial charge in [-0.2, -0.15) is 4.31 Å². The number of sulfonamides is 1. The Morgan fingerprint density at radius 2 is 1.66 bits per heavy atom. The summed E-state index contributed by atoms with van der Waals surface area (Å²) in [7, 11) is -3.59. The van der Waals surface area contributed by atoms with Gasteiger partial charge in [0, 0.05) is 24.2 Å². The Hall–Kier alpha value is -2.90. The van der Waals surface area contributed by atoms with Crippen LogP contribution >= 0.6 is 0 Å². The number of rotatable bonds is 8. The van der Waals surface area contributed by atoms with Gasteiger partial charge < -0.3 is 10.1 Å². The summed E-state index contributed by atoms with van der Waals surface area (Å²) in [5, 5.41) is 4.65. The highest BCUT2D eigenvalue weighted by molar-refractivity contribution is 7.89. The zero-order valence-electron chi connectivity index (χ0n) is 16.5. The summed E-state index contributed by atoms with van der Waals surface area (Å²) in [6.45, 7) is 4.16. The zero-order valence-corrected chi connectivity index (χ0v) is 17.3. The predicted molar refractivity (Wildman–Crippen MR) is 115 cm³/mol. The van der Waals surface area contributed by atoms with Crippen molar-refractivity contribution in [1.82, 2.24) is 4.31 Å². The van der Waals surface area contributed by atoms with Gasteiger partial charge in [0.05, 0.1) is 4.90 Å². The Balaban J connectivity index is 1.70. The molecule has 0 saturated carbocycles. The Bertz CT molecular complexity index is 1100. The van der Waals surface area contributed by atoms with Gasteiger partial charge in [0.15, 0.2) is 6.61 Å². The highest BCUT2D eigenvalue weighted by Crippen LogP contribution is 2.25. The monoisotopic (exact) mass is 412 g/mol. The number of nitrogens with one attached hydrogen (secondary N) is 1. The molecule has 0 aliphatic carbocycles. The summed E-state index contributed by atoms with van der Waals surface area (Å²) in [5.74, 6) is 0.256. The molecule has 0 heterocycles. The Morgan fingerprint density at radius 1 is 0.966 bits per heavy atom. The molecular weight excluding hydrogens is 388 g/mol. The standard InChI is InChI=1S/C22H24N2O4S/c1-3-24(4-2)29(26,27)19-12-8-11-18(15-19)23-22(25)16-28-21-14-7-10-17-9-5-6-13-20(17)21/h5-15H,3-4,16H2,1-2H3,(H,23,25). The summed E-state index contributed by atoms with van der Waals surface area (Å²) in [6, 6.07) is 19.7. The van der Waals surface area contributed by atoms with Crippen LogP contribution in [0.1, 0.15) is 13.8 Å². The van der Waals surface area contributed by atoms with Crippen LogP contribution in [0.15, 0.2) is 71.6 Å². The number of carbonyl (C=O) groups is 1. The molecule has 7 heteroatoms. The quantitative estimate of drug-likeness (QED) is 0.609. The average Bonchev–Trinajstić information content (AvgIpc) is 2.73. The van der Waals surface area contributed by atoms with E-state index in [1.807, 2.05) is 42.5 Å². The molecule has 0 spiro atoms. The van der Waals surface area contributed by atoms with Crippen LogP contribution in [0.5, 0.6) is 5.75 Å². The predicted octanol–water partition coefficient (Wildman–Crippen LogP) is 3.89. The van der Waals surface area contributed by atoms with E-state index in [-0.39, 0.29) is 17.4 Å². The van der Waals surface area contributed by atoms with Crippen molar-refractivity contribution in [3.05, 3.63) is 66.7 Å². The van der Waals surface area contributed by atoms with E-state index in [1.165, 1.54) is 16.4 Å². The van der Waals surface area contributed by atoms with Gasteiger partial charge in [0.1, 0.15) is 5.75 Å². The van der Waals surface area contributed by atoms with Gasteiger partial charge in [0.25, 0.3) is 5.91 Å². The number of carbonyl (C=O) groups excluding carboxylic acids is 1. The first-order valence-electron chi connectivity index (χ1n) is 9.46. The maximum Gasteiger partial charge on any atom is 0.262 e. The SMILES string of the molecule is CCN(CC)S(=O)(=O)c1cccc(NC(=O)COc2cccc3ccccc23)c1. The third-order valence-electron chi connectivity index (χ3n) is 4.57. The van der Waals surface area contributed by atoms with Gasteiger partial charge in [-0.05, 0) is 29.7 Å². The first-order chi connectivity index (χ1) is 14.0. The Labute approximate surface area is 171 Å². The number of fused-ring (bicyclic) bond motifs is 1. The molecule has 3 aromatic rings. The van der Waals surface area contributed by atoms with E-state index >= 15 is 0 Å². The maximum atomic E-state index is 12.7. The minimum atomic E-state index is -3.59. The van der Waals surface area contributed by atoms with E-state index in [1.54, 1.807) is 26.0 Å². The lowest BCUT2D eigenvalue weighted by Crippen LogP contribution is -2.30. The van der Waals surface area contributed by atoms with Crippen molar-refractivity contribution >= 4 is 32.4 Å². The highest BCUT2D eigenvalue weighted by atomic mass is 32.2. The van der Waals surface area contributed by atoms with Crippen molar-refractivity contribution < 1.29 is 17.9 Å². The molecule has 1 N–H and O–H groups in total. The molecule has 1 amide bonds. The molecule has 0 fully saturated rings. The van der Waals surface area contributed by atoms with E-state index in [0.717, 1.165) is 10.8 Å². The van der Waals surface area contributed by atoms with Crippen molar-refractivity contribution in [2.75, 3.05) is 25.0 Å². The van der Waals surface area contributed by atoms with Crippen molar-refractivity contribution in [3.8, 4) is 5.75 Å². The van der Waals surface area contributed by atoms with Gasteiger partial charge in [-0.3, -0.25) is 4.79 Å². The minimum absolute atomic E-state index is 0.147. The van der Waals surface area contributed by atoms with Crippen LogP contribution in [0, 0.1) is 0 Å². The smallest absolute Gasteiger partial charge is 0.262 e. The van der Waals surface area contributed by atoms with Gasteiger partial charge in [-0.1, -0.05) is 56.3 Å². The fourth-order valence-corrected chi connectivity index (χ4v) is 4.61. The molecule has 6 nitrogen and oxygen atoms in total. The number of amides is 1. The van der Waals surface area contributed by atoms with Gasteiger partial charge in [0.2, 0.25) is 10.0 Å². The average molecular weight is 413 g/mol. The van der Waals surface area contributed by atoms with Crippen LogP contribution in [-0.4, -0.2) is 38.3 Å². The van der Waals surface area contributed by atoms with Crippen LogP contribution in [-0.2, 0) is 14.8 Å². The lowest BCUT2D eigenvalue weighted by molar-refractivity contribution is -0.118. The third kappa shape index (κ3) is 4.75. The molecule has 0 radical (unpaired) electrons. The molecule has 29 heavy (non-hydrogen) atoms. The van der Waals surface area contributed by atoms with E-state index in [4.69, 9.17) is 4.74 Å². The first kappa shape index (κ1) is 20.8. The van der Waals surface area contributed by atoms with E-state index < -0.39 is 10.0 Å². The summed E-state index contributed by atoms with van der Waals surface area (Å²) < 4.78 is 32.4. The number of anilines is 1. The lowest BCUT2D eigenvalue weighted by Gasteiger charge is -2.18. The van der Waals surface area contributed by atoms with E-state index in [9.17, 15) is 13.2 Å². The lowest BCUT2D eigenvalue weighted by atomic mass is 10.1. The summed E-state index contributed by atoms with van der Waals surface area (Å²) in [5.41, 5.74) is 0.407. The van der Waals surface area contributed by atoms with Gasteiger partial charge in [-0.25, -0.2) is 8.42 Å². The molecular formula is C22H24N2O4S. The molecule has 152 valence electrons. The first-order valence-corrected chi connectivity index (χ1v) is 10.9. The number of nitrogens with zero attached hydrogens (tertiary/aromatic N) is 1. The summed E-state index contributed by atoms with van der Waals surface area (Å²) in [4.78, 5) is 12.5. The normalized spacial score (nSPS) is 11.6. The van der Waals surface area contributed by atoms with Gasteiger partial charge >= 0.3 is 0 Å². The molecule has 0 bridgehead atoms. The number of benzene rings is 3. The van der Waals surface area contributed by atoms with Crippen LogP contribution in [0.25, 0.3) is 10.8 Å². The van der Waals surface area contributed by atoms with Gasteiger partial charge in [-0.15, -0.1) is 0 Å². The van der Waals surface area contributed by atoms with Crippen LogP contribution in [0.3, 0.4) is 0 Å². The molecule has 0 saturated heterocycles. The van der Waals surface area contributed by atoms with E-state index in [2.05, 4.69) is 5.32 Å². The van der Waals surface area contributed by atoms with Crippen LogP contribution in [0.4, 0.5) is 5.69 Å². The molecule has 0 aliphatic rings. The molecule has 0 atom stereocenters. The van der Waals surface area contributed by atoms with Crippen LogP contribution in [0.2, 0.25) is 0 Å². The molecule has 3 aromatic carbocycles. The van der Waals surface area contributed by atoms with Crippen molar-refractivity contribution in [1.29, 1.82) is 0 Å². The molecule has 0 aliphatic heterocycles. The van der Waals surface area contributed by atoms with Crippen molar-refractivity contribution in [2.24, 2.45) is 0 Å². The number of ether oxygens (including phenoxy) is 1. The maximum absolute atomic E-state index is 12.7. The second-order valence-corrected chi connectivity index (χ2v) is 8.37. The Kier molecular flexibility index (Phi) is 6.51. The largest absolute Gasteiger partial charge is 0.483 e. The Morgan fingerprint density at radius 3 is 2.41 bits per heavy atom. The summed E-state index contributed by atoms with van der Waals surface area (Å²) in [6.07, 6.45) is 0.